The average molecular weight is 447 g/mol. The van der Waals surface area contributed by atoms with Gasteiger partial charge in [-0.05, 0) is 49.3 Å². The first-order valence-corrected chi connectivity index (χ1v) is 11.8. The lowest BCUT2D eigenvalue weighted by Crippen LogP contribution is -2.63. The highest BCUT2D eigenvalue weighted by molar-refractivity contribution is 6.00. The first kappa shape index (κ1) is 20.8. The number of carbonyl (C=O) groups is 2. The number of dihydropyridines is 1. The van der Waals surface area contributed by atoms with Gasteiger partial charge in [-0.1, -0.05) is 26.0 Å². The van der Waals surface area contributed by atoms with Crippen LogP contribution in [-0.2, 0) is 9.53 Å². The number of amides is 1. The molecule has 7 heteroatoms. The van der Waals surface area contributed by atoms with Crippen LogP contribution in [-0.4, -0.2) is 48.4 Å². The number of nitrogens with one attached hydrogen (secondary N) is 1. The molecule has 172 valence electrons. The maximum Gasteiger partial charge on any atom is 0.254 e. The van der Waals surface area contributed by atoms with Gasteiger partial charge in [0.2, 0.25) is 0 Å². The van der Waals surface area contributed by atoms with E-state index < -0.39 is 11.0 Å². The first-order chi connectivity index (χ1) is 15.6. The second-order valence-electron chi connectivity index (χ2n) is 11.3. The third-order valence-corrected chi connectivity index (χ3v) is 8.21. The Bertz CT molecular complexity index is 1200. The summed E-state index contributed by atoms with van der Waals surface area (Å²) in [6, 6.07) is 5.87. The predicted molar refractivity (Wildman–Crippen MR) is 122 cm³/mol. The van der Waals surface area contributed by atoms with Crippen LogP contribution in [0.5, 0.6) is 0 Å². The van der Waals surface area contributed by atoms with Crippen molar-refractivity contribution in [3.8, 4) is 0 Å². The van der Waals surface area contributed by atoms with Crippen molar-refractivity contribution in [2.45, 2.75) is 52.6 Å². The first-order valence-electron chi connectivity index (χ1n) is 11.8. The molecule has 4 aliphatic heterocycles. The van der Waals surface area contributed by atoms with E-state index in [4.69, 9.17) is 4.74 Å². The van der Waals surface area contributed by atoms with Crippen LogP contribution in [0.25, 0.3) is 0 Å². The summed E-state index contributed by atoms with van der Waals surface area (Å²) in [5.41, 5.74) is 4.85. The molecule has 6 rings (SSSR count). The Hall–Kier alpha value is -2.80. The van der Waals surface area contributed by atoms with Crippen molar-refractivity contribution in [3.63, 3.8) is 0 Å². The number of hydrogen-bond acceptors (Lipinski definition) is 6. The lowest BCUT2D eigenvalue weighted by atomic mass is 9.61. The van der Waals surface area contributed by atoms with Gasteiger partial charge in [-0.25, -0.2) is 0 Å². The number of ketones is 1. The Morgan fingerprint density at radius 1 is 1.18 bits per heavy atom. The van der Waals surface area contributed by atoms with Gasteiger partial charge in [-0.2, -0.15) is 5.11 Å². The Balaban J connectivity index is 1.30. The molecule has 2 saturated heterocycles. The summed E-state index contributed by atoms with van der Waals surface area (Å²) in [7, 11) is 0. The van der Waals surface area contributed by atoms with Crippen LogP contribution in [0.2, 0.25) is 0 Å². The fourth-order valence-corrected chi connectivity index (χ4v) is 6.50. The number of allylic oxidation sites excluding steroid dienone is 1. The Morgan fingerprint density at radius 3 is 2.76 bits per heavy atom. The zero-order valence-electron chi connectivity index (χ0n) is 19.7. The number of hydrogen-bond donors (Lipinski definition) is 1. The molecule has 4 heterocycles. The summed E-state index contributed by atoms with van der Waals surface area (Å²) in [5, 5.41) is 12.1. The molecule has 2 fully saturated rings. The van der Waals surface area contributed by atoms with E-state index in [1.54, 1.807) is 0 Å². The summed E-state index contributed by atoms with van der Waals surface area (Å²) in [5.74, 6) is 1.05. The topological polar surface area (TPSA) is 83.4 Å². The van der Waals surface area contributed by atoms with E-state index in [1.165, 1.54) is 0 Å². The highest BCUT2D eigenvalue weighted by atomic mass is 16.5. The van der Waals surface area contributed by atoms with Gasteiger partial charge in [-0.15, -0.1) is 5.11 Å². The van der Waals surface area contributed by atoms with Crippen LogP contribution in [0.1, 0.15) is 54.6 Å². The van der Waals surface area contributed by atoms with E-state index in [0.29, 0.717) is 39.1 Å². The monoisotopic (exact) mass is 446 g/mol. The molecule has 1 atom stereocenters. The van der Waals surface area contributed by atoms with Crippen molar-refractivity contribution in [3.05, 3.63) is 57.6 Å². The van der Waals surface area contributed by atoms with Gasteiger partial charge in [0.1, 0.15) is 5.60 Å². The van der Waals surface area contributed by atoms with E-state index in [0.717, 1.165) is 45.8 Å². The largest absolute Gasteiger partial charge is 0.370 e. The summed E-state index contributed by atoms with van der Waals surface area (Å²) in [4.78, 5) is 28.5. The number of nitrogens with zero attached hydrogens (tertiary/aromatic N) is 3. The maximum atomic E-state index is 13.4. The molecule has 0 aromatic heterocycles. The Labute approximate surface area is 194 Å². The molecule has 1 amide bonds. The number of likely N-dealkylation sites (tertiary alicyclic amines) is 1. The van der Waals surface area contributed by atoms with Crippen LogP contribution in [0.15, 0.2) is 51.1 Å². The standard InChI is InChI=1S/C26H30N4O3/c1-15-6-5-7-17(16(15)2)23(32)30-12-25(13-30)11-26(14-33-25)18-10-27-29-22(18)28-19-8-24(3,4)9-20(31)21(19)26/h5-7,28H,8-14H2,1-4H3. The number of benzene rings is 1. The molecule has 33 heavy (non-hydrogen) atoms. The fraction of sp³-hybridized carbons (Fsp3) is 0.538. The molecule has 0 radical (unpaired) electrons. The number of rotatable bonds is 1. The molecular weight excluding hydrogens is 416 g/mol. The second-order valence-corrected chi connectivity index (χ2v) is 11.3. The zero-order valence-corrected chi connectivity index (χ0v) is 19.7. The van der Waals surface area contributed by atoms with Crippen molar-refractivity contribution in [1.29, 1.82) is 0 Å². The molecule has 1 aromatic rings. The minimum Gasteiger partial charge on any atom is -0.370 e. The number of fused-ring (bicyclic) bond motifs is 2. The van der Waals surface area contributed by atoms with E-state index in [-0.39, 0.29) is 17.1 Å². The summed E-state index contributed by atoms with van der Waals surface area (Å²) in [6.07, 6.45) is 2.05. The summed E-state index contributed by atoms with van der Waals surface area (Å²) >= 11 is 0. The molecule has 5 aliphatic rings. The van der Waals surface area contributed by atoms with E-state index >= 15 is 0 Å². The van der Waals surface area contributed by atoms with Gasteiger partial charge in [0, 0.05) is 28.8 Å². The smallest absolute Gasteiger partial charge is 0.254 e. The van der Waals surface area contributed by atoms with Crippen LogP contribution in [0.4, 0.5) is 0 Å². The number of azo groups is 1. The van der Waals surface area contributed by atoms with E-state index in [2.05, 4.69) is 29.4 Å². The van der Waals surface area contributed by atoms with Crippen molar-refractivity contribution >= 4 is 11.7 Å². The summed E-state index contributed by atoms with van der Waals surface area (Å²) < 4.78 is 6.47. The lowest BCUT2D eigenvalue weighted by molar-refractivity contribution is -0.119. The fourth-order valence-electron chi connectivity index (χ4n) is 6.50. The second kappa shape index (κ2) is 6.63. The SMILES string of the molecule is Cc1cccc(C(=O)N2CC3(C2)CC2(CO3)C3=C(N=NC3)NC3=C2C(=O)CC(C)(C)C3)c1C. The molecule has 0 bridgehead atoms. The Morgan fingerprint density at radius 2 is 1.97 bits per heavy atom. The molecule has 1 unspecified atom stereocenters. The van der Waals surface area contributed by atoms with Crippen molar-refractivity contribution in [2.24, 2.45) is 21.1 Å². The molecule has 0 saturated carbocycles. The predicted octanol–water partition coefficient (Wildman–Crippen LogP) is 3.83. The quantitative estimate of drug-likeness (QED) is 0.711. The molecule has 1 aliphatic carbocycles. The van der Waals surface area contributed by atoms with Gasteiger partial charge in [0.25, 0.3) is 5.91 Å². The van der Waals surface area contributed by atoms with E-state index in [1.807, 2.05) is 36.9 Å². The highest BCUT2D eigenvalue weighted by Gasteiger charge is 2.63. The van der Waals surface area contributed by atoms with Gasteiger partial charge < -0.3 is 15.0 Å². The van der Waals surface area contributed by atoms with Crippen molar-refractivity contribution in [1.82, 2.24) is 10.2 Å². The van der Waals surface area contributed by atoms with Gasteiger partial charge in [0.05, 0.1) is 31.7 Å². The number of ether oxygens (including phenoxy) is 1. The third kappa shape index (κ3) is 2.91. The van der Waals surface area contributed by atoms with Crippen LogP contribution in [0.3, 0.4) is 0 Å². The minimum atomic E-state index is -0.485. The molecule has 2 spiro atoms. The van der Waals surface area contributed by atoms with Crippen LogP contribution >= 0.6 is 0 Å². The lowest BCUT2D eigenvalue weighted by Gasteiger charge is -2.49. The number of aryl methyl sites for hydroxylation is 1. The van der Waals surface area contributed by atoms with Gasteiger partial charge >= 0.3 is 0 Å². The number of carbonyl (C=O) groups excluding carboxylic acids is 2. The Kier molecular flexibility index (Phi) is 4.17. The number of Topliss-reactive ketones (excluding diaryl/α,β-unsaturated/α-hetero) is 1. The van der Waals surface area contributed by atoms with Gasteiger partial charge in [0.15, 0.2) is 11.6 Å². The van der Waals surface area contributed by atoms with Crippen LogP contribution in [0, 0.1) is 24.7 Å². The molecule has 1 N–H and O–H groups in total. The average Bonchev–Trinajstić information content (AvgIpc) is 3.33. The van der Waals surface area contributed by atoms with Crippen molar-refractivity contribution in [2.75, 3.05) is 26.2 Å². The maximum absolute atomic E-state index is 13.4. The van der Waals surface area contributed by atoms with E-state index in [9.17, 15) is 9.59 Å². The van der Waals surface area contributed by atoms with Crippen LogP contribution < -0.4 is 5.32 Å². The van der Waals surface area contributed by atoms with Crippen molar-refractivity contribution < 1.29 is 14.3 Å². The zero-order chi connectivity index (χ0) is 23.2. The van der Waals surface area contributed by atoms with Gasteiger partial charge in [-0.3, -0.25) is 9.59 Å². The minimum absolute atomic E-state index is 0.0536. The molecule has 1 aromatic carbocycles. The normalized spacial score (nSPS) is 28.8. The molecule has 7 nitrogen and oxygen atoms in total. The third-order valence-electron chi connectivity index (χ3n) is 8.21. The summed E-state index contributed by atoms with van der Waals surface area (Å²) in [6.45, 7) is 10.4. The molecular formula is C26H30N4O3. The highest BCUT2D eigenvalue weighted by Crippen LogP contribution is 2.58.